The van der Waals surface area contributed by atoms with Crippen molar-refractivity contribution in [2.45, 2.75) is 24.8 Å². The van der Waals surface area contributed by atoms with Crippen molar-refractivity contribution in [3.63, 3.8) is 0 Å². The zero-order chi connectivity index (χ0) is 17.2. The van der Waals surface area contributed by atoms with Crippen LogP contribution in [0.25, 0.3) is 10.9 Å². The molecule has 128 valence electrons. The van der Waals surface area contributed by atoms with Gasteiger partial charge in [0.2, 0.25) is 0 Å². The minimum absolute atomic E-state index is 0.115. The Morgan fingerprint density at radius 3 is 2.75 bits per heavy atom. The monoisotopic (exact) mass is 332 g/mol. The summed E-state index contributed by atoms with van der Waals surface area (Å²) in [6.45, 7) is 0.884. The van der Waals surface area contributed by atoms with Gasteiger partial charge in [-0.25, -0.2) is 0 Å². The average Bonchev–Trinajstić information content (AvgIpc) is 2.98. The normalized spacial score (nSPS) is 16.7. The lowest BCUT2D eigenvalue weighted by Gasteiger charge is -2.36. The summed E-state index contributed by atoms with van der Waals surface area (Å²) in [6.07, 6.45) is 0.855. The van der Waals surface area contributed by atoms with Crippen molar-refractivity contribution in [2.75, 3.05) is 20.3 Å². The quantitative estimate of drug-likeness (QED) is 0.777. The molecule has 2 heterocycles. The predicted molar refractivity (Wildman–Crippen MR) is 87.4 cm³/mol. The first-order valence-electron chi connectivity index (χ1n) is 7.80. The van der Waals surface area contributed by atoms with Gasteiger partial charge in [0.05, 0.1) is 19.1 Å². The predicted octanol–water partition coefficient (Wildman–Crippen LogP) is 1.93. The Labute approximate surface area is 138 Å². The number of benzene rings is 1. The van der Waals surface area contributed by atoms with Gasteiger partial charge in [0, 0.05) is 24.1 Å². The van der Waals surface area contributed by atoms with Crippen LogP contribution in [-0.4, -0.2) is 47.8 Å². The molecule has 1 aliphatic rings. The van der Waals surface area contributed by atoms with Gasteiger partial charge in [0.15, 0.2) is 0 Å². The number of hydrogen-bond donors (Lipinski definition) is 3. The number of nitrogens with one attached hydrogen (secondary N) is 2. The number of aliphatic carboxylic acids is 1. The van der Waals surface area contributed by atoms with Crippen LogP contribution in [0, 0.1) is 0 Å². The molecule has 3 rings (SSSR count). The van der Waals surface area contributed by atoms with Gasteiger partial charge in [-0.15, -0.1) is 0 Å². The van der Waals surface area contributed by atoms with E-state index in [1.807, 2.05) is 18.2 Å². The number of carboxylic acid groups (broad SMARTS) is 1. The second-order valence-corrected chi connectivity index (χ2v) is 6.05. The van der Waals surface area contributed by atoms with Crippen LogP contribution in [0.3, 0.4) is 0 Å². The molecule has 3 N–H and O–H groups in total. The van der Waals surface area contributed by atoms with Crippen molar-refractivity contribution in [3.8, 4) is 5.75 Å². The Morgan fingerprint density at radius 1 is 1.33 bits per heavy atom. The third kappa shape index (κ3) is 3.35. The fourth-order valence-electron chi connectivity index (χ4n) is 3.07. The van der Waals surface area contributed by atoms with Crippen molar-refractivity contribution in [2.24, 2.45) is 0 Å². The van der Waals surface area contributed by atoms with Gasteiger partial charge in [-0.3, -0.25) is 9.59 Å². The number of aromatic amines is 1. The molecule has 0 aliphatic carbocycles. The van der Waals surface area contributed by atoms with Crippen molar-refractivity contribution in [3.05, 3.63) is 30.0 Å². The molecule has 1 saturated heterocycles. The van der Waals surface area contributed by atoms with Crippen LogP contribution >= 0.6 is 0 Å². The van der Waals surface area contributed by atoms with Crippen LogP contribution in [0.15, 0.2) is 24.3 Å². The molecule has 1 aromatic heterocycles. The third-order valence-electron chi connectivity index (χ3n) is 4.39. The maximum Gasteiger partial charge on any atom is 0.305 e. The van der Waals surface area contributed by atoms with Gasteiger partial charge >= 0.3 is 5.97 Å². The van der Waals surface area contributed by atoms with Crippen LogP contribution in [0.2, 0.25) is 0 Å². The number of hydrogen-bond acceptors (Lipinski definition) is 4. The molecular formula is C17H20N2O5. The van der Waals surface area contributed by atoms with Gasteiger partial charge in [-0.1, -0.05) is 0 Å². The first-order valence-corrected chi connectivity index (χ1v) is 7.80. The Hall–Kier alpha value is -2.54. The van der Waals surface area contributed by atoms with Gasteiger partial charge in [0.25, 0.3) is 5.91 Å². The fourth-order valence-corrected chi connectivity index (χ4v) is 3.07. The summed E-state index contributed by atoms with van der Waals surface area (Å²) in [6, 6.07) is 7.22. The SMILES string of the molecule is COc1ccc2[nH]c(C(=O)NC3(CC(=O)O)CCOCC3)cc2c1. The van der Waals surface area contributed by atoms with Crippen LogP contribution in [0.4, 0.5) is 0 Å². The second-order valence-electron chi connectivity index (χ2n) is 6.05. The first-order chi connectivity index (χ1) is 11.5. The van der Waals surface area contributed by atoms with E-state index in [0.717, 1.165) is 10.9 Å². The summed E-state index contributed by atoms with van der Waals surface area (Å²) >= 11 is 0. The molecule has 7 heteroatoms. The van der Waals surface area contributed by atoms with Crippen molar-refractivity contribution >= 4 is 22.8 Å². The summed E-state index contributed by atoms with van der Waals surface area (Å²) in [5, 5.41) is 12.9. The lowest BCUT2D eigenvalue weighted by Crippen LogP contribution is -2.53. The summed E-state index contributed by atoms with van der Waals surface area (Å²) < 4.78 is 10.5. The largest absolute Gasteiger partial charge is 0.497 e. The third-order valence-corrected chi connectivity index (χ3v) is 4.39. The molecule has 1 fully saturated rings. The van der Waals surface area contributed by atoms with E-state index in [-0.39, 0.29) is 12.3 Å². The number of amides is 1. The molecule has 1 aromatic carbocycles. The number of ether oxygens (including phenoxy) is 2. The number of carboxylic acids is 1. The summed E-state index contributed by atoms with van der Waals surface area (Å²) in [4.78, 5) is 26.9. The number of aromatic nitrogens is 1. The standard InChI is InChI=1S/C17H20N2O5/c1-23-12-2-3-13-11(8-12)9-14(18-13)16(22)19-17(10-15(20)21)4-6-24-7-5-17/h2-3,8-9,18H,4-7,10H2,1H3,(H,19,22)(H,20,21). The van der Waals surface area contributed by atoms with E-state index in [1.54, 1.807) is 13.2 Å². The van der Waals surface area contributed by atoms with Gasteiger partial charge in [-0.05, 0) is 37.1 Å². The highest BCUT2D eigenvalue weighted by Crippen LogP contribution is 2.26. The molecule has 24 heavy (non-hydrogen) atoms. The molecule has 7 nitrogen and oxygen atoms in total. The lowest BCUT2D eigenvalue weighted by molar-refractivity contribution is -0.139. The highest BCUT2D eigenvalue weighted by Gasteiger charge is 2.36. The Kier molecular flexibility index (Phi) is 4.44. The van der Waals surface area contributed by atoms with Gasteiger partial charge in [0.1, 0.15) is 11.4 Å². The maximum atomic E-state index is 12.6. The van der Waals surface area contributed by atoms with E-state index in [9.17, 15) is 14.7 Å². The second kappa shape index (κ2) is 6.52. The smallest absolute Gasteiger partial charge is 0.305 e. The molecule has 0 bridgehead atoms. The zero-order valence-electron chi connectivity index (χ0n) is 13.4. The van der Waals surface area contributed by atoms with E-state index >= 15 is 0 Å². The number of carbonyl (C=O) groups excluding carboxylic acids is 1. The Balaban J connectivity index is 1.83. The average molecular weight is 332 g/mol. The summed E-state index contributed by atoms with van der Waals surface area (Å²) in [7, 11) is 1.59. The molecule has 0 radical (unpaired) electrons. The highest BCUT2D eigenvalue weighted by atomic mass is 16.5. The molecule has 0 atom stereocenters. The summed E-state index contributed by atoms with van der Waals surface area (Å²) in [5.41, 5.74) is 0.450. The first kappa shape index (κ1) is 16.3. The van der Waals surface area contributed by atoms with E-state index in [2.05, 4.69) is 10.3 Å². The fraction of sp³-hybridized carbons (Fsp3) is 0.412. The molecule has 0 saturated carbocycles. The lowest BCUT2D eigenvalue weighted by atomic mass is 9.86. The number of H-pyrrole nitrogens is 1. The van der Waals surface area contributed by atoms with E-state index in [4.69, 9.17) is 9.47 Å². The van der Waals surface area contributed by atoms with Crippen LogP contribution in [0.1, 0.15) is 29.8 Å². The van der Waals surface area contributed by atoms with Crippen LogP contribution in [0.5, 0.6) is 5.75 Å². The van der Waals surface area contributed by atoms with Gasteiger partial charge < -0.3 is 24.9 Å². The number of rotatable bonds is 5. The Bertz CT molecular complexity index is 761. The number of carbonyl (C=O) groups is 2. The van der Waals surface area contributed by atoms with E-state index in [0.29, 0.717) is 37.5 Å². The van der Waals surface area contributed by atoms with Crippen molar-refractivity contribution in [1.82, 2.24) is 10.3 Å². The van der Waals surface area contributed by atoms with E-state index in [1.165, 1.54) is 0 Å². The molecule has 0 unspecified atom stereocenters. The van der Waals surface area contributed by atoms with Crippen LogP contribution in [-0.2, 0) is 9.53 Å². The Morgan fingerprint density at radius 2 is 2.08 bits per heavy atom. The number of methoxy groups -OCH3 is 1. The van der Waals surface area contributed by atoms with Crippen LogP contribution < -0.4 is 10.1 Å². The van der Waals surface area contributed by atoms with Crippen molar-refractivity contribution in [1.29, 1.82) is 0 Å². The summed E-state index contributed by atoms with van der Waals surface area (Å²) in [5.74, 6) is -0.535. The minimum atomic E-state index is -0.932. The van der Waals surface area contributed by atoms with E-state index < -0.39 is 11.5 Å². The van der Waals surface area contributed by atoms with Gasteiger partial charge in [-0.2, -0.15) is 0 Å². The number of fused-ring (bicyclic) bond motifs is 1. The topological polar surface area (TPSA) is 101 Å². The molecule has 1 aliphatic heterocycles. The maximum absolute atomic E-state index is 12.6. The zero-order valence-corrected chi connectivity index (χ0v) is 13.4. The molecular weight excluding hydrogens is 312 g/mol. The molecule has 2 aromatic rings. The van der Waals surface area contributed by atoms with Crippen molar-refractivity contribution < 1.29 is 24.2 Å². The minimum Gasteiger partial charge on any atom is -0.497 e. The molecule has 1 amide bonds. The molecule has 0 spiro atoms. The highest BCUT2D eigenvalue weighted by molar-refractivity contribution is 5.98.